The molecule has 0 bridgehead atoms. The summed E-state index contributed by atoms with van der Waals surface area (Å²) in [5, 5.41) is 9.41. The zero-order valence-electron chi connectivity index (χ0n) is 15.9. The Bertz CT molecular complexity index is 890. The number of alkyl halides is 1. The van der Waals surface area contributed by atoms with Gasteiger partial charge >= 0.3 is 0 Å². The first-order valence-corrected chi connectivity index (χ1v) is 9.82. The maximum atomic E-state index is 14.9. The smallest absolute Gasteiger partial charge is 0.240 e. The Morgan fingerprint density at radius 1 is 1.00 bits per heavy atom. The van der Waals surface area contributed by atoms with Gasteiger partial charge in [-0.2, -0.15) is 0 Å². The van der Waals surface area contributed by atoms with Crippen molar-refractivity contribution in [1.29, 1.82) is 0 Å². The minimum atomic E-state index is -1.10. The van der Waals surface area contributed by atoms with E-state index >= 15 is 0 Å². The van der Waals surface area contributed by atoms with Gasteiger partial charge in [0.15, 0.2) is 11.6 Å². The van der Waals surface area contributed by atoms with Gasteiger partial charge in [-0.1, -0.05) is 18.2 Å². The van der Waals surface area contributed by atoms with Crippen LogP contribution >= 0.6 is 0 Å². The maximum absolute atomic E-state index is 14.9. The lowest BCUT2D eigenvalue weighted by atomic mass is 9.87. The Balaban J connectivity index is 1.38. The van der Waals surface area contributed by atoms with Crippen molar-refractivity contribution in [2.75, 3.05) is 19.6 Å². The average molecular weight is 404 g/mol. The van der Waals surface area contributed by atoms with Crippen LogP contribution in [0.25, 0.3) is 0 Å². The molecule has 2 aromatic rings. The van der Waals surface area contributed by atoms with Gasteiger partial charge in [0.2, 0.25) is 5.91 Å². The number of hydrogen-bond donors (Lipinski definition) is 1. The van der Waals surface area contributed by atoms with Crippen molar-refractivity contribution in [2.45, 2.75) is 37.5 Å². The maximum Gasteiger partial charge on any atom is 0.240 e. The number of carbonyl (C=O) groups excluding carboxylic acids is 1. The van der Waals surface area contributed by atoms with Crippen LogP contribution < -0.4 is 0 Å². The van der Waals surface area contributed by atoms with Gasteiger partial charge in [0.25, 0.3) is 0 Å². The number of piperidine rings is 1. The molecule has 1 N–H and O–H groups in total. The number of phenols is 1. The van der Waals surface area contributed by atoms with Crippen molar-refractivity contribution in [3.8, 4) is 5.75 Å². The van der Waals surface area contributed by atoms with Gasteiger partial charge in [0, 0.05) is 25.6 Å². The highest BCUT2D eigenvalue weighted by Gasteiger charge is 2.40. The van der Waals surface area contributed by atoms with Crippen molar-refractivity contribution in [2.24, 2.45) is 0 Å². The molecule has 2 aliphatic heterocycles. The second-order valence-corrected chi connectivity index (χ2v) is 7.81. The number of nitrogens with zero attached hydrogens (tertiary/aromatic N) is 2. The van der Waals surface area contributed by atoms with Crippen molar-refractivity contribution >= 4 is 5.91 Å². The molecule has 2 fully saturated rings. The zero-order valence-corrected chi connectivity index (χ0v) is 15.9. The Labute approximate surface area is 167 Å². The molecule has 0 aromatic heterocycles. The molecule has 154 valence electrons. The van der Waals surface area contributed by atoms with Gasteiger partial charge in [-0.15, -0.1) is 0 Å². The first-order chi connectivity index (χ1) is 13.9. The molecular weight excluding hydrogens is 381 g/mol. The van der Waals surface area contributed by atoms with Gasteiger partial charge < -0.3 is 10.0 Å². The molecule has 3 atom stereocenters. The highest BCUT2D eigenvalue weighted by atomic mass is 19.2. The van der Waals surface area contributed by atoms with Gasteiger partial charge in [0.1, 0.15) is 11.9 Å². The van der Waals surface area contributed by atoms with Gasteiger partial charge in [0.05, 0.1) is 6.04 Å². The summed E-state index contributed by atoms with van der Waals surface area (Å²) in [6, 6.07) is 9.87. The molecule has 3 unspecified atom stereocenters. The van der Waals surface area contributed by atoms with Crippen molar-refractivity contribution in [3.05, 3.63) is 65.2 Å². The largest absolute Gasteiger partial charge is 0.508 e. The van der Waals surface area contributed by atoms with Crippen molar-refractivity contribution < 1.29 is 23.1 Å². The second-order valence-electron chi connectivity index (χ2n) is 7.81. The third-order valence-electron chi connectivity index (χ3n) is 5.96. The summed E-state index contributed by atoms with van der Waals surface area (Å²) in [6.45, 7) is 1.52. The molecule has 2 saturated heterocycles. The third-order valence-corrected chi connectivity index (χ3v) is 5.96. The number of rotatable bonds is 4. The Morgan fingerprint density at radius 2 is 1.76 bits per heavy atom. The number of likely N-dealkylation sites (tertiary alicyclic amines) is 2. The van der Waals surface area contributed by atoms with E-state index < -0.39 is 17.8 Å². The van der Waals surface area contributed by atoms with Crippen LogP contribution in [-0.4, -0.2) is 52.7 Å². The van der Waals surface area contributed by atoms with E-state index in [4.69, 9.17) is 0 Å². The standard InChI is InChI=1S/C22H23F3N2O2/c23-18-6-1-14(11-19(18)24)12-27-10-8-21(22(27)29)26-9-7-17(20(25)13-26)15-2-4-16(28)5-3-15/h1-6,11,17,20-21,28H,7-10,12-13H2. The van der Waals surface area contributed by atoms with Crippen LogP contribution in [0.15, 0.2) is 42.5 Å². The Kier molecular flexibility index (Phi) is 5.50. The molecule has 2 aromatic carbocycles. The molecule has 4 nitrogen and oxygen atoms in total. The van der Waals surface area contributed by atoms with Gasteiger partial charge in [-0.05, 0) is 54.8 Å². The van der Waals surface area contributed by atoms with E-state index in [0.717, 1.165) is 17.7 Å². The van der Waals surface area contributed by atoms with Crippen LogP contribution in [0.2, 0.25) is 0 Å². The molecule has 0 saturated carbocycles. The molecular formula is C22H23F3N2O2. The fraction of sp³-hybridized carbons (Fsp3) is 0.409. The summed E-state index contributed by atoms with van der Waals surface area (Å²) in [5.74, 6) is -2.03. The fourth-order valence-electron chi connectivity index (χ4n) is 4.39. The van der Waals surface area contributed by atoms with Crippen LogP contribution in [0.3, 0.4) is 0 Å². The minimum absolute atomic E-state index is 0.0926. The van der Waals surface area contributed by atoms with Crippen molar-refractivity contribution in [1.82, 2.24) is 9.80 Å². The van der Waals surface area contributed by atoms with E-state index in [0.29, 0.717) is 31.5 Å². The van der Waals surface area contributed by atoms with Crippen LogP contribution in [0, 0.1) is 11.6 Å². The molecule has 2 heterocycles. The van der Waals surface area contributed by atoms with E-state index in [1.165, 1.54) is 6.07 Å². The number of amides is 1. The molecule has 0 aliphatic carbocycles. The first-order valence-electron chi connectivity index (χ1n) is 9.82. The second kappa shape index (κ2) is 8.06. The zero-order chi connectivity index (χ0) is 20.5. The van der Waals surface area contributed by atoms with Gasteiger partial charge in [-0.25, -0.2) is 13.2 Å². The molecule has 0 spiro atoms. The quantitative estimate of drug-likeness (QED) is 0.847. The van der Waals surface area contributed by atoms with Crippen LogP contribution in [-0.2, 0) is 11.3 Å². The van der Waals surface area contributed by atoms with E-state index in [-0.39, 0.29) is 36.7 Å². The van der Waals surface area contributed by atoms with Crippen LogP contribution in [0.4, 0.5) is 13.2 Å². The fourth-order valence-corrected chi connectivity index (χ4v) is 4.39. The number of phenolic OH excluding ortho intramolecular Hbond substituents is 1. The average Bonchev–Trinajstić information content (AvgIpc) is 3.06. The lowest BCUT2D eigenvalue weighted by molar-refractivity contribution is -0.133. The summed E-state index contributed by atoms with van der Waals surface area (Å²) in [6.07, 6.45) is 0.0965. The monoisotopic (exact) mass is 404 g/mol. The lowest BCUT2D eigenvalue weighted by Gasteiger charge is -2.37. The Morgan fingerprint density at radius 3 is 2.45 bits per heavy atom. The van der Waals surface area contributed by atoms with E-state index in [9.17, 15) is 23.1 Å². The molecule has 29 heavy (non-hydrogen) atoms. The molecule has 7 heteroatoms. The van der Waals surface area contributed by atoms with Crippen molar-refractivity contribution in [3.63, 3.8) is 0 Å². The molecule has 4 rings (SSSR count). The summed E-state index contributed by atoms with van der Waals surface area (Å²) in [7, 11) is 0. The summed E-state index contributed by atoms with van der Waals surface area (Å²) in [4.78, 5) is 16.3. The number of halogens is 3. The van der Waals surface area contributed by atoms with Crippen LogP contribution in [0.5, 0.6) is 5.75 Å². The number of hydrogen-bond acceptors (Lipinski definition) is 3. The topological polar surface area (TPSA) is 43.8 Å². The summed E-state index contributed by atoms with van der Waals surface area (Å²) >= 11 is 0. The number of benzene rings is 2. The number of carbonyl (C=O) groups is 1. The Hall–Kier alpha value is -2.54. The molecule has 0 radical (unpaired) electrons. The highest BCUT2D eigenvalue weighted by Crippen LogP contribution is 2.33. The molecule has 2 aliphatic rings. The van der Waals surface area contributed by atoms with Crippen LogP contribution in [0.1, 0.15) is 29.9 Å². The normalized spacial score (nSPS) is 25.6. The predicted molar refractivity (Wildman–Crippen MR) is 102 cm³/mol. The van der Waals surface area contributed by atoms with E-state index in [1.54, 1.807) is 29.2 Å². The van der Waals surface area contributed by atoms with E-state index in [2.05, 4.69) is 0 Å². The third kappa shape index (κ3) is 4.10. The predicted octanol–water partition coefficient (Wildman–Crippen LogP) is 3.60. The van der Waals surface area contributed by atoms with E-state index in [1.807, 2.05) is 4.90 Å². The summed E-state index contributed by atoms with van der Waals surface area (Å²) in [5.41, 5.74) is 1.39. The molecule has 1 amide bonds. The SMILES string of the molecule is O=C1C(N2CCC(c3ccc(O)cc3)C(F)C2)CCN1Cc1ccc(F)c(F)c1. The summed E-state index contributed by atoms with van der Waals surface area (Å²) < 4.78 is 41.4. The number of aromatic hydroxyl groups is 1. The highest BCUT2D eigenvalue weighted by molar-refractivity contribution is 5.84. The first kappa shape index (κ1) is 19.8. The van der Waals surface area contributed by atoms with Gasteiger partial charge in [-0.3, -0.25) is 9.69 Å². The minimum Gasteiger partial charge on any atom is -0.508 e. The lowest BCUT2D eigenvalue weighted by Crippen LogP contribution is -2.49.